The van der Waals surface area contributed by atoms with E-state index in [-0.39, 0.29) is 11.3 Å². The molecular formula is C11H9ClFN3O2S. The lowest BCUT2D eigenvalue weighted by molar-refractivity contribution is -0.133. The molecule has 0 aliphatic heterocycles. The van der Waals surface area contributed by atoms with Gasteiger partial charge in [-0.15, -0.1) is 10.2 Å². The molecule has 0 saturated heterocycles. The molecule has 2 aromatic rings. The maximum absolute atomic E-state index is 13.7. The molecule has 19 heavy (non-hydrogen) atoms. The summed E-state index contributed by atoms with van der Waals surface area (Å²) in [6, 6.07) is 4.14. The fourth-order valence-corrected chi connectivity index (χ4v) is 2.27. The van der Waals surface area contributed by atoms with Gasteiger partial charge in [-0.1, -0.05) is 23.4 Å². The highest BCUT2D eigenvalue weighted by Gasteiger charge is 2.15. The van der Waals surface area contributed by atoms with Crippen molar-refractivity contribution in [2.45, 2.75) is 5.16 Å². The second kappa shape index (κ2) is 5.58. The van der Waals surface area contributed by atoms with Crippen molar-refractivity contribution < 1.29 is 14.3 Å². The molecule has 1 aromatic heterocycles. The monoisotopic (exact) mass is 301 g/mol. The third kappa shape index (κ3) is 3.05. The Kier molecular flexibility index (Phi) is 4.06. The molecule has 0 aliphatic rings. The van der Waals surface area contributed by atoms with E-state index in [1.165, 1.54) is 22.8 Å². The Morgan fingerprint density at radius 2 is 2.26 bits per heavy atom. The van der Waals surface area contributed by atoms with Gasteiger partial charge in [-0.2, -0.15) is 0 Å². The van der Waals surface area contributed by atoms with E-state index in [2.05, 4.69) is 10.2 Å². The summed E-state index contributed by atoms with van der Waals surface area (Å²) in [5.74, 6) is -1.25. The van der Waals surface area contributed by atoms with Gasteiger partial charge in [0.2, 0.25) is 0 Å². The number of benzene rings is 1. The van der Waals surface area contributed by atoms with E-state index in [4.69, 9.17) is 16.7 Å². The maximum Gasteiger partial charge on any atom is 0.313 e. The minimum absolute atomic E-state index is 0.135. The van der Waals surface area contributed by atoms with Gasteiger partial charge in [-0.05, 0) is 18.2 Å². The van der Waals surface area contributed by atoms with E-state index in [1.54, 1.807) is 7.05 Å². The van der Waals surface area contributed by atoms with E-state index < -0.39 is 11.8 Å². The number of carboxylic acids is 1. The SMILES string of the molecule is Cn1c(SCC(=O)O)nnc1-c1cc(Cl)ccc1F. The minimum Gasteiger partial charge on any atom is -0.481 e. The van der Waals surface area contributed by atoms with Crippen molar-refractivity contribution in [3.05, 3.63) is 29.0 Å². The second-order valence-electron chi connectivity index (χ2n) is 3.67. The molecule has 0 spiro atoms. The molecule has 0 bridgehead atoms. The normalized spacial score (nSPS) is 10.7. The van der Waals surface area contributed by atoms with Crippen LogP contribution >= 0.6 is 23.4 Å². The summed E-state index contributed by atoms with van der Waals surface area (Å²) in [5, 5.41) is 17.1. The van der Waals surface area contributed by atoms with Crippen LogP contribution in [0.25, 0.3) is 11.4 Å². The molecule has 1 heterocycles. The molecule has 8 heteroatoms. The molecule has 1 N–H and O–H groups in total. The molecule has 0 saturated carbocycles. The number of nitrogens with zero attached hydrogens (tertiary/aromatic N) is 3. The van der Waals surface area contributed by atoms with Gasteiger partial charge in [0.15, 0.2) is 11.0 Å². The van der Waals surface area contributed by atoms with Crippen LogP contribution in [0.5, 0.6) is 0 Å². The van der Waals surface area contributed by atoms with Crippen molar-refractivity contribution in [2.24, 2.45) is 7.05 Å². The second-order valence-corrected chi connectivity index (χ2v) is 5.05. The lowest BCUT2D eigenvalue weighted by atomic mass is 10.2. The molecule has 100 valence electrons. The number of aromatic nitrogens is 3. The molecule has 0 radical (unpaired) electrons. The fourth-order valence-electron chi connectivity index (χ4n) is 1.47. The van der Waals surface area contributed by atoms with E-state index in [0.29, 0.717) is 16.0 Å². The topological polar surface area (TPSA) is 68.0 Å². The zero-order chi connectivity index (χ0) is 14.0. The van der Waals surface area contributed by atoms with Crippen LogP contribution in [0.1, 0.15) is 0 Å². The highest BCUT2D eigenvalue weighted by molar-refractivity contribution is 7.99. The third-order valence-electron chi connectivity index (χ3n) is 2.33. The molecule has 1 aromatic carbocycles. The van der Waals surface area contributed by atoms with Gasteiger partial charge in [0.25, 0.3) is 0 Å². The number of hydrogen-bond donors (Lipinski definition) is 1. The van der Waals surface area contributed by atoms with Gasteiger partial charge >= 0.3 is 5.97 Å². The molecule has 0 amide bonds. The molecule has 0 aliphatic carbocycles. The average Bonchev–Trinajstić information content (AvgIpc) is 2.71. The van der Waals surface area contributed by atoms with Crippen LogP contribution in [-0.2, 0) is 11.8 Å². The lowest BCUT2D eigenvalue weighted by Crippen LogP contribution is -2.01. The number of halogens is 2. The summed E-state index contributed by atoms with van der Waals surface area (Å²) in [6.45, 7) is 0. The van der Waals surface area contributed by atoms with Gasteiger partial charge < -0.3 is 9.67 Å². The van der Waals surface area contributed by atoms with Crippen molar-refractivity contribution in [3.8, 4) is 11.4 Å². The average molecular weight is 302 g/mol. The Morgan fingerprint density at radius 3 is 2.95 bits per heavy atom. The summed E-state index contributed by atoms with van der Waals surface area (Å²) in [6.07, 6.45) is 0. The van der Waals surface area contributed by atoms with E-state index in [1.807, 2.05) is 0 Å². The van der Waals surface area contributed by atoms with Crippen LogP contribution in [0.4, 0.5) is 4.39 Å². The number of rotatable bonds is 4. The van der Waals surface area contributed by atoms with Crippen molar-refractivity contribution >= 4 is 29.3 Å². The van der Waals surface area contributed by atoms with E-state index >= 15 is 0 Å². The molecule has 0 unspecified atom stereocenters. The van der Waals surface area contributed by atoms with Crippen molar-refractivity contribution in [1.82, 2.24) is 14.8 Å². The predicted molar refractivity (Wildman–Crippen MR) is 69.8 cm³/mol. The molecule has 2 rings (SSSR count). The summed E-state index contributed by atoms with van der Waals surface area (Å²) in [7, 11) is 1.64. The zero-order valence-electron chi connectivity index (χ0n) is 9.80. The highest BCUT2D eigenvalue weighted by Crippen LogP contribution is 2.27. The first-order chi connectivity index (χ1) is 8.99. The first-order valence-electron chi connectivity index (χ1n) is 5.18. The first-order valence-corrected chi connectivity index (χ1v) is 6.55. The lowest BCUT2D eigenvalue weighted by Gasteiger charge is -2.04. The standard InChI is InChI=1S/C11H9ClFN3O2S/c1-16-10(7-4-6(12)2-3-8(7)13)14-15-11(16)19-5-9(17)18/h2-4H,5H2,1H3,(H,17,18). The summed E-state index contributed by atoms with van der Waals surface area (Å²) in [5.41, 5.74) is 0.227. The number of carboxylic acid groups (broad SMARTS) is 1. The summed E-state index contributed by atoms with van der Waals surface area (Å²) < 4.78 is 15.2. The number of aliphatic carboxylic acids is 1. The largest absolute Gasteiger partial charge is 0.481 e. The van der Waals surface area contributed by atoms with Gasteiger partial charge in [-0.25, -0.2) is 4.39 Å². The van der Waals surface area contributed by atoms with Crippen LogP contribution in [0.2, 0.25) is 5.02 Å². The Bertz CT molecular complexity index is 632. The Morgan fingerprint density at radius 1 is 1.53 bits per heavy atom. The van der Waals surface area contributed by atoms with Crippen molar-refractivity contribution in [1.29, 1.82) is 0 Å². The quantitative estimate of drug-likeness (QED) is 0.879. The van der Waals surface area contributed by atoms with Gasteiger partial charge in [0.1, 0.15) is 5.82 Å². The first kappa shape index (κ1) is 13.8. The van der Waals surface area contributed by atoms with Gasteiger partial charge in [-0.3, -0.25) is 4.79 Å². The fraction of sp³-hybridized carbons (Fsp3) is 0.182. The van der Waals surface area contributed by atoms with Crippen LogP contribution < -0.4 is 0 Å². The van der Waals surface area contributed by atoms with Gasteiger partial charge in [0, 0.05) is 12.1 Å². The minimum atomic E-state index is -0.955. The van der Waals surface area contributed by atoms with Crippen molar-refractivity contribution in [3.63, 3.8) is 0 Å². The predicted octanol–water partition coefficient (Wildman–Crippen LogP) is 2.45. The highest BCUT2D eigenvalue weighted by atomic mass is 35.5. The number of hydrogen-bond acceptors (Lipinski definition) is 4. The van der Waals surface area contributed by atoms with Crippen molar-refractivity contribution in [2.75, 3.05) is 5.75 Å². The molecular weight excluding hydrogens is 293 g/mol. The van der Waals surface area contributed by atoms with Gasteiger partial charge in [0.05, 0.1) is 11.3 Å². The molecule has 0 atom stereocenters. The van der Waals surface area contributed by atoms with Crippen LogP contribution in [0.3, 0.4) is 0 Å². The summed E-state index contributed by atoms with van der Waals surface area (Å²) in [4.78, 5) is 10.5. The number of thioether (sulfide) groups is 1. The smallest absolute Gasteiger partial charge is 0.313 e. The van der Waals surface area contributed by atoms with E-state index in [0.717, 1.165) is 11.8 Å². The van der Waals surface area contributed by atoms with E-state index in [9.17, 15) is 9.18 Å². The van der Waals surface area contributed by atoms with Crippen LogP contribution in [-0.4, -0.2) is 31.6 Å². The zero-order valence-corrected chi connectivity index (χ0v) is 11.4. The Labute approximate surface area is 117 Å². The maximum atomic E-state index is 13.7. The molecule has 0 fully saturated rings. The Hall–Kier alpha value is -1.60. The third-order valence-corrected chi connectivity index (χ3v) is 3.57. The number of carbonyl (C=O) groups is 1. The van der Waals surface area contributed by atoms with Crippen LogP contribution in [0.15, 0.2) is 23.4 Å². The van der Waals surface area contributed by atoms with Crippen LogP contribution in [0, 0.1) is 5.82 Å². The molecule has 5 nitrogen and oxygen atoms in total. The summed E-state index contributed by atoms with van der Waals surface area (Å²) >= 11 is 6.84. The Balaban J connectivity index is 2.36.